The number of anilines is 1. The number of hydrogen-bond donors (Lipinski definition) is 2. The van der Waals surface area contributed by atoms with E-state index in [-0.39, 0.29) is 24.1 Å². The lowest BCUT2D eigenvalue weighted by molar-refractivity contribution is -0.123. The van der Waals surface area contributed by atoms with Gasteiger partial charge in [-0.25, -0.2) is 0 Å². The van der Waals surface area contributed by atoms with Crippen LogP contribution in [0.5, 0.6) is 0 Å². The highest BCUT2D eigenvalue weighted by molar-refractivity contribution is 5.97. The number of nitrogens with one attached hydrogen (secondary N) is 2. The van der Waals surface area contributed by atoms with Gasteiger partial charge in [-0.15, -0.1) is 0 Å². The van der Waals surface area contributed by atoms with Crippen molar-refractivity contribution in [3.63, 3.8) is 0 Å². The summed E-state index contributed by atoms with van der Waals surface area (Å²) in [5.74, 6) is -0.0674. The van der Waals surface area contributed by atoms with Gasteiger partial charge in [-0.1, -0.05) is 0 Å². The van der Waals surface area contributed by atoms with Crippen molar-refractivity contribution in [2.45, 2.75) is 39.0 Å². The first-order valence-corrected chi connectivity index (χ1v) is 7.69. The van der Waals surface area contributed by atoms with E-state index in [2.05, 4.69) is 29.6 Å². The third-order valence-electron chi connectivity index (χ3n) is 3.95. The lowest BCUT2D eigenvalue weighted by Crippen LogP contribution is -2.53. The van der Waals surface area contributed by atoms with Crippen LogP contribution in [0.15, 0.2) is 24.4 Å². The molecular formula is C16H22N4O2. The molecule has 0 spiro atoms. The lowest BCUT2D eigenvalue weighted by atomic mass is 10.1. The van der Waals surface area contributed by atoms with Gasteiger partial charge < -0.3 is 15.4 Å². The molecule has 1 amide bonds. The Bertz CT molecular complexity index is 680. The Labute approximate surface area is 129 Å². The average Bonchev–Trinajstić information content (AvgIpc) is 2.91. The normalized spacial score (nSPS) is 22.2. The monoisotopic (exact) mass is 302 g/mol. The fourth-order valence-corrected chi connectivity index (χ4v) is 2.77. The molecule has 0 aliphatic carbocycles. The summed E-state index contributed by atoms with van der Waals surface area (Å²) < 4.78 is 7.47. The zero-order valence-electron chi connectivity index (χ0n) is 13.2. The predicted molar refractivity (Wildman–Crippen MR) is 86.0 cm³/mol. The van der Waals surface area contributed by atoms with E-state index in [1.54, 1.807) is 0 Å². The van der Waals surface area contributed by atoms with Crippen molar-refractivity contribution in [1.29, 1.82) is 0 Å². The smallest absolute Gasteiger partial charge is 0.244 e. The third-order valence-corrected chi connectivity index (χ3v) is 3.95. The number of aromatic nitrogens is 2. The molecule has 6 nitrogen and oxygen atoms in total. The first-order valence-electron chi connectivity index (χ1n) is 7.69. The number of carbonyl (C=O) groups excluding carboxylic acids is 1. The van der Waals surface area contributed by atoms with Crippen molar-refractivity contribution < 1.29 is 9.53 Å². The number of morpholine rings is 1. The maximum Gasteiger partial charge on any atom is 0.244 e. The van der Waals surface area contributed by atoms with E-state index in [4.69, 9.17) is 4.74 Å². The van der Waals surface area contributed by atoms with Gasteiger partial charge in [0, 0.05) is 23.7 Å². The van der Waals surface area contributed by atoms with E-state index < -0.39 is 0 Å². The molecule has 0 unspecified atom stereocenters. The van der Waals surface area contributed by atoms with Crippen molar-refractivity contribution in [2.75, 3.05) is 18.5 Å². The molecule has 1 aromatic carbocycles. The fraction of sp³-hybridized carbons (Fsp3) is 0.500. The van der Waals surface area contributed by atoms with Gasteiger partial charge in [-0.3, -0.25) is 9.48 Å². The van der Waals surface area contributed by atoms with E-state index >= 15 is 0 Å². The molecule has 0 bridgehead atoms. The second kappa shape index (κ2) is 6.06. The van der Waals surface area contributed by atoms with E-state index in [9.17, 15) is 4.79 Å². The number of hydrogen-bond acceptors (Lipinski definition) is 4. The van der Waals surface area contributed by atoms with Crippen molar-refractivity contribution in [3.8, 4) is 0 Å². The summed E-state index contributed by atoms with van der Waals surface area (Å²) in [4.78, 5) is 12.4. The molecule has 6 heteroatoms. The molecule has 1 aromatic heterocycles. The fourth-order valence-electron chi connectivity index (χ4n) is 2.77. The van der Waals surface area contributed by atoms with Crippen molar-refractivity contribution in [1.82, 2.24) is 15.1 Å². The SMILES string of the molecule is CC(C)n1ncc2ccc(NC(=O)[C@H]3NCCO[C@@H]3C)cc21. The molecule has 2 heterocycles. The minimum absolute atomic E-state index is 0.0674. The Hall–Kier alpha value is -1.92. The van der Waals surface area contributed by atoms with E-state index in [1.165, 1.54) is 0 Å². The molecule has 2 N–H and O–H groups in total. The maximum atomic E-state index is 12.4. The minimum atomic E-state index is -0.320. The van der Waals surface area contributed by atoms with Crippen LogP contribution in [-0.4, -0.2) is 41.0 Å². The van der Waals surface area contributed by atoms with Gasteiger partial charge >= 0.3 is 0 Å². The summed E-state index contributed by atoms with van der Waals surface area (Å²) >= 11 is 0. The van der Waals surface area contributed by atoms with Crippen molar-refractivity contribution >= 4 is 22.5 Å². The summed E-state index contributed by atoms with van der Waals surface area (Å²) in [7, 11) is 0. The topological polar surface area (TPSA) is 68.2 Å². The van der Waals surface area contributed by atoms with E-state index in [0.29, 0.717) is 13.2 Å². The Morgan fingerprint density at radius 3 is 3.05 bits per heavy atom. The second-order valence-electron chi connectivity index (χ2n) is 5.95. The Morgan fingerprint density at radius 2 is 2.32 bits per heavy atom. The van der Waals surface area contributed by atoms with Gasteiger partial charge in [0.1, 0.15) is 6.04 Å². The van der Waals surface area contributed by atoms with Crippen LogP contribution in [0.3, 0.4) is 0 Å². The third kappa shape index (κ3) is 2.84. The number of nitrogens with zero attached hydrogens (tertiary/aromatic N) is 2. The summed E-state index contributed by atoms with van der Waals surface area (Å²) in [6, 6.07) is 5.80. The van der Waals surface area contributed by atoms with Crippen molar-refractivity contribution in [3.05, 3.63) is 24.4 Å². The van der Waals surface area contributed by atoms with Gasteiger partial charge in [0.25, 0.3) is 0 Å². The van der Waals surface area contributed by atoms with E-state index in [1.807, 2.05) is 36.0 Å². The van der Waals surface area contributed by atoms with E-state index in [0.717, 1.165) is 16.6 Å². The van der Waals surface area contributed by atoms with Crippen LogP contribution in [0.25, 0.3) is 10.9 Å². The molecule has 3 rings (SSSR count). The molecule has 2 atom stereocenters. The highest BCUT2D eigenvalue weighted by Crippen LogP contribution is 2.22. The number of benzene rings is 1. The summed E-state index contributed by atoms with van der Waals surface area (Å²) in [6.07, 6.45) is 1.72. The Kier molecular flexibility index (Phi) is 4.13. The van der Waals surface area contributed by atoms with Crippen LogP contribution in [0, 0.1) is 0 Å². The Balaban J connectivity index is 1.81. The van der Waals surface area contributed by atoms with Gasteiger partial charge in [-0.05, 0) is 39.0 Å². The van der Waals surface area contributed by atoms with Crippen LogP contribution in [-0.2, 0) is 9.53 Å². The molecule has 1 aliphatic heterocycles. The Morgan fingerprint density at radius 1 is 1.50 bits per heavy atom. The van der Waals surface area contributed by atoms with Crippen LogP contribution >= 0.6 is 0 Å². The first-order chi connectivity index (χ1) is 10.6. The number of rotatable bonds is 3. The molecule has 0 radical (unpaired) electrons. The zero-order valence-corrected chi connectivity index (χ0v) is 13.2. The quantitative estimate of drug-likeness (QED) is 0.909. The maximum absolute atomic E-state index is 12.4. The molecule has 1 aliphatic rings. The summed E-state index contributed by atoms with van der Waals surface area (Å²) in [5.41, 5.74) is 1.80. The number of fused-ring (bicyclic) bond motifs is 1. The average molecular weight is 302 g/mol. The summed E-state index contributed by atoms with van der Waals surface area (Å²) in [6.45, 7) is 7.42. The molecule has 2 aromatic rings. The largest absolute Gasteiger partial charge is 0.375 e. The highest BCUT2D eigenvalue weighted by Gasteiger charge is 2.28. The van der Waals surface area contributed by atoms with Crippen LogP contribution < -0.4 is 10.6 Å². The molecule has 1 fully saturated rings. The molecular weight excluding hydrogens is 280 g/mol. The molecule has 1 saturated heterocycles. The van der Waals surface area contributed by atoms with Crippen LogP contribution in [0.1, 0.15) is 26.8 Å². The number of amides is 1. The van der Waals surface area contributed by atoms with Gasteiger partial charge in [0.2, 0.25) is 5.91 Å². The molecule has 22 heavy (non-hydrogen) atoms. The molecule has 118 valence electrons. The minimum Gasteiger partial charge on any atom is -0.375 e. The first kappa shape index (κ1) is 15.0. The van der Waals surface area contributed by atoms with Gasteiger partial charge in [0.05, 0.1) is 24.4 Å². The lowest BCUT2D eigenvalue weighted by Gasteiger charge is -2.29. The van der Waals surface area contributed by atoms with Gasteiger partial charge in [0.15, 0.2) is 0 Å². The second-order valence-corrected chi connectivity index (χ2v) is 5.95. The van der Waals surface area contributed by atoms with Crippen LogP contribution in [0.4, 0.5) is 5.69 Å². The summed E-state index contributed by atoms with van der Waals surface area (Å²) in [5, 5.41) is 11.6. The standard InChI is InChI=1S/C16H22N4O2/c1-10(2)20-14-8-13(5-4-12(14)9-18-20)19-16(21)15-11(3)22-7-6-17-15/h4-5,8-11,15,17H,6-7H2,1-3H3,(H,19,21)/t11-,15+/m1/s1. The molecule has 0 saturated carbocycles. The highest BCUT2D eigenvalue weighted by atomic mass is 16.5. The van der Waals surface area contributed by atoms with Crippen LogP contribution in [0.2, 0.25) is 0 Å². The van der Waals surface area contributed by atoms with Gasteiger partial charge in [-0.2, -0.15) is 5.10 Å². The van der Waals surface area contributed by atoms with Crippen molar-refractivity contribution in [2.24, 2.45) is 0 Å². The number of ether oxygens (including phenoxy) is 1. The zero-order chi connectivity index (χ0) is 15.7. The predicted octanol–water partition coefficient (Wildman–Crippen LogP) is 1.93. The number of carbonyl (C=O) groups is 1.